The Bertz CT molecular complexity index is 645. The van der Waals surface area contributed by atoms with Gasteiger partial charge in [-0.1, -0.05) is 79.7 Å². The quantitative estimate of drug-likeness (QED) is 0.354. The molecule has 3 rings (SSSR count). The van der Waals surface area contributed by atoms with Gasteiger partial charge in [0.2, 0.25) is 0 Å². The second kappa shape index (κ2) is 7.41. The third-order valence-electron chi connectivity index (χ3n) is 4.98. The number of hydrogen-bond acceptors (Lipinski definition) is 0. The Morgan fingerprint density at radius 3 is 1.83 bits per heavy atom. The molecule has 0 saturated heterocycles. The van der Waals surface area contributed by atoms with Crippen LogP contribution in [0.2, 0.25) is 0 Å². The monoisotopic (exact) mass is 498 g/mol. The molecule has 0 amide bonds. The van der Waals surface area contributed by atoms with Crippen molar-refractivity contribution in [1.29, 1.82) is 0 Å². The second-order valence-electron chi connectivity index (χ2n) is 6.36. The lowest BCUT2D eigenvalue weighted by Crippen LogP contribution is -2.25. The van der Waals surface area contributed by atoms with E-state index in [0.717, 1.165) is 5.33 Å². The van der Waals surface area contributed by atoms with Crippen LogP contribution in [0.5, 0.6) is 0 Å². The lowest BCUT2D eigenvalue weighted by atomic mass is 9.71. The van der Waals surface area contributed by atoms with Crippen LogP contribution in [0.1, 0.15) is 50.2 Å². The molecule has 0 unspecified atom stereocenters. The van der Waals surface area contributed by atoms with E-state index in [1.807, 2.05) is 0 Å². The van der Waals surface area contributed by atoms with Gasteiger partial charge in [0.25, 0.3) is 0 Å². The van der Waals surface area contributed by atoms with Crippen LogP contribution >= 0.6 is 47.8 Å². The molecule has 1 aliphatic rings. The Morgan fingerprint density at radius 2 is 1.35 bits per heavy atom. The second-order valence-corrected chi connectivity index (χ2v) is 8.98. The van der Waals surface area contributed by atoms with Gasteiger partial charge in [0, 0.05) is 19.7 Å². The van der Waals surface area contributed by atoms with Gasteiger partial charge in [-0.05, 0) is 65.8 Å². The average molecular weight is 501 g/mol. The van der Waals surface area contributed by atoms with E-state index in [1.54, 1.807) is 0 Å². The first-order chi connectivity index (χ1) is 11.1. The molecule has 122 valence electrons. The van der Waals surface area contributed by atoms with Crippen LogP contribution in [-0.2, 0) is 5.41 Å². The molecule has 0 atom stereocenters. The first kappa shape index (κ1) is 17.7. The molecule has 0 spiro atoms. The van der Waals surface area contributed by atoms with Gasteiger partial charge in [-0.15, -0.1) is 0 Å². The van der Waals surface area contributed by atoms with Gasteiger partial charge in [0.05, 0.1) is 0 Å². The largest absolute Gasteiger partial charge is 0.0928 e. The molecule has 0 N–H and O–H groups in total. The number of fused-ring (bicyclic) bond motifs is 3. The van der Waals surface area contributed by atoms with E-state index in [2.05, 4.69) is 91.1 Å². The van der Waals surface area contributed by atoms with E-state index >= 15 is 0 Å². The maximum absolute atomic E-state index is 3.69. The van der Waals surface area contributed by atoms with Crippen molar-refractivity contribution in [2.45, 2.75) is 44.4 Å². The number of unbranched alkanes of at least 4 members (excludes halogenated alkanes) is 1. The minimum Gasteiger partial charge on any atom is -0.0928 e. The lowest BCUT2D eigenvalue weighted by molar-refractivity contribution is 0.426. The molecule has 2 aromatic rings. The van der Waals surface area contributed by atoms with Crippen molar-refractivity contribution in [3.05, 3.63) is 56.5 Å². The van der Waals surface area contributed by atoms with Crippen LogP contribution in [0.25, 0.3) is 11.1 Å². The molecule has 0 nitrogen and oxygen atoms in total. The minimum atomic E-state index is 0.155. The molecule has 0 bridgehead atoms. The summed E-state index contributed by atoms with van der Waals surface area (Å²) in [6, 6.07) is 13.6. The molecule has 0 saturated carbocycles. The number of rotatable bonds is 6. The fourth-order valence-corrected chi connectivity index (χ4v) is 4.95. The minimum absolute atomic E-state index is 0.155. The Morgan fingerprint density at radius 1 is 0.826 bits per heavy atom. The fourth-order valence-electron chi connectivity index (χ4n) is 3.95. The summed E-state index contributed by atoms with van der Waals surface area (Å²) >= 11 is 11.0. The summed E-state index contributed by atoms with van der Waals surface area (Å²) in [5.41, 5.74) is 6.01. The summed E-state index contributed by atoms with van der Waals surface area (Å²) in [4.78, 5) is 0. The molecule has 2 aromatic carbocycles. The maximum Gasteiger partial charge on any atom is 0.0216 e. The number of alkyl halides is 1. The summed E-state index contributed by atoms with van der Waals surface area (Å²) in [6.07, 6.45) is 6.12. The summed E-state index contributed by atoms with van der Waals surface area (Å²) in [6.45, 7) is 2.29. The summed E-state index contributed by atoms with van der Waals surface area (Å²) in [5, 5.41) is 1.06. The number of benzene rings is 2. The molecular formula is C20H21Br3. The Hall–Kier alpha value is -0.120. The zero-order valence-electron chi connectivity index (χ0n) is 13.3. The van der Waals surface area contributed by atoms with E-state index in [9.17, 15) is 0 Å². The topological polar surface area (TPSA) is 0 Å². The van der Waals surface area contributed by atoms with Gasteiger partial charge in [0.1, 0.15) is 0 Å². The molecule has 0 aliphatic heterocycles. The van der Waals surface area contributed by atoms with Crippen molar-refractivity contribution >= 4 is 47.8 Å². The third kappa shape index (κ3) is 3.21. The van der Waals surface area contributed by atoms with E-state index in [1.165, 1.54) is 63.3 Å². The van der Waals surface area contributed by atoms with Crippen molar-refractivity contribution in [3.63, 3.8) is 0 Å². The van der Waals surface area contributed by atoms with E-state index in [-0.39, 0.29) is 5.41 Å². The van der Waals surface area contributed by atoms with Crippen molar-refractivity contribution in [2.24, 2.45) is 0 Å². The predicted octanol–water partition coefficient (Wildman–Crippen LogP) is 7.84. The van der Waals surface area contributed by atoms with Crippen LogP contribution in [0.15, 0.2) is 45.3 Å². The van der Waals surface area contributed by atoms with Crippen LogP contribution < -0.4 is 0 Å². The first-order valence-electron chi connectivity index (χ1n) is 8.29. The average Bonchev–Trinajstić information content (AvgIpc) is 2.80. The zero-order chi connectivity index (χ0) is 16.4. The summed E-state index contributed by atoms with van der Waals surface area (Å²) in [7, 11) is 0. The molecule has 0 fully saturated rings. The first-order valence-corrected chi connectivity index (χ1v) is 11.0. The highest BCUT2D eigenvalue weighted by molar-refractivity contribution is 9.10. The van der Waals surface area contributed by atoms with Gasteiger partial charge in [-0.2, -0.15) is 0 Å². The van der Waals surface area contributed by atoms with Gasteiger partial charge in [0.15, 0.2) is 0 Å². The van der Waals surface area contributed by atoms with Gasteiger partial charge in [-0.3, -0.25) is 0 Å². The predicted molar refractivity (Wildman–Crippen MR) is 111 cm³/mol. The highest BCUT2D eigenvalue weighted by Crippen LogP contribution is 2.55. The Labute approximate surface area is 164 Å². The standard InChI is InChI=1S/C20H21Br3/c1-2-3-9-20(10-4-11-21)18-12-14(22)5-7-16(18)17-8-6-15(23)13-19(17)20/h5-8,12-13H,2-4,9-11H2,1H3. The van der Waals surface area contributed by atoms with Crippen molar-refractivity contribution in [2.75, 3.05) is 5.33 Å². The molecule has 0 heterocycles. The van der Waals surface area contributed by atoms with Crippen molar-refractivity contribution in [3.8, 4) is 11.1 Å². The van der Waals surface area contributed by atoms with E-state index in [0.29, 0.717) is 0 Å². The van der Waals surface area contributed by atoms with Gasteiger partial charge in [-0.25, -0.2) is 0 Å². The highest BCUT2D eigenvalue weighted by atomic mass is 79.9. The third-order valence-corrected chi connectivity index (χ3v) is 6.53. The van der Waals surface area contributed by atoms with Gasteiger partial charge < -0.3 is 0 Å². The number of hydrogen-bond donors (Lipinski definition) is 0. The van der Waals surface area contributed by atoms with Crippen molar-refractivity contribution < 1.29 is 0 Å². The van der Waals surface area contributed by atoms with Crippen LogP contribution in [0.4, 0.5) is 0 Å². The van der Waals surface area contributed by atoms with Gasteiger partial charge >= 0.3 is 0 Å². The fraction of sp³-hybridized carbons (Fsp3) is 0.400. The number of halogens is 3. The van der Waals surface area contributed by atoms with Crippen LogP contribution in [-0.4, -0.2) is 5.33 Å². The highest BCUT2D eigenvalue weighted by Gasteiger charge is 2.42. The molecular weight excluding hydrogens is 480 g/mol. The molecule has 23 heavy (non-hydrogen) atoms. The molecule has 0 radical (unpaired) electrons. The zero-order valence-corrected chi connectivity index (χ0v) is 18.1. The molecule has 0 aromatic heterocycles. The van der Waals surface area contributed by atoms with Crippen molar-refractivity contribution in [1.82, 2.24) is 0 Å². The van der Waals surface area contributed by atoms with E-state index < -0.39 is 0 Å². The lowest BCUT2D eigenvalue weighted by Gasteiger charge is -2.32. The SMILES string of the molecule is CCCCC1(CCCBr)c2cc(Br)ccc2-c2ccc(Br)cc21. The smallest absolute Gasteiger partial charge is 0.0216 e. The summed E-state index contributed by atoms with van der Waals surface area (Å²) < 4.78 is 2.37. The van der Waals surface area contributed by atoms with Crippen LogP contribution in [0.3, 0.4) is 0 Å². The molecule has 3 heteroatoms. The van der Waals surface area contributed by atoms with E-state index in [4.69, 9.17) is 0 Å². The maximum atomic E-state index is 3.69. The summed E-state index contributed by atoms with van der Waals surface area (Å²) in [5.74, 6) is 0. The molecule has 1 aliphatic carbocycles. The van der Waals surface area contributed by atoms with Crippen LogP contribution in [0, 0.1) is 0 Å². The Kier molecular flexibility index (Phi) is 5.70. The normalized spacial score (nSPS) is 14.6. The Balaban J connectivity index is 2.23.